The van der Waals surface area contributed by atoms with Gasteiger partial charge < -0.3 is 10.1 Å². The lowest BCUT2D eigenvalue weighted by atomic mass is 10.2. The molecule has 0 spiro atoms. The first-order chi connectivity index (χ1) is 7.69. The number of nitrogens with zero attached hydrogens (tertiary/aromatic N) is 2. The molecule has 0 fully saturated rings. The fourth-order valence-corrected chi connectivity index (χ4v) is 1.66. The van der Waals surface area contributed by atoms with Gasteiger partial charge in [0.05, 0.1) is 12.2 Å². The van der Waals surface area contributed by atoms with E-state index in [0.717, 1.165) is 17.8 Å². The summed E-state index contributed by atoms with van der Waals surface area (Å²) in [6.45, 7) is 6.56. The van der Waals surface area contributed by atoms with Crippen LogP contribution in [-0.4, -0.2) is 28.5 Å². The normalized spacial score (nSPS) is 12.2. The van der Waals surface area contributed by atoms with E-state index in [0.29, 0.717) is 24.4 Å². The van der Waals surface area contributed by atoms with Crippen molar-refractivity contribution in [1.29, 1.82) is 0 Å². The first-order valence-electron chi connectivity index (χ1n) is 5.46. The zero-order chi connectivity index (χ0) is 12.0. The highest BCUT2D eigenvalue weighted by Gasteiger charge is 2.09. The molecular weight excluding hydrogens is 226 g/mol. The molecule has 1 unspecified atom stereocenters. The van der Waals surface area contributed by atoms with Crippen molar-refractivity contribution < 1.29 is 4.74 Å². The highest BCUT2D eigenvalue weighted by atomic mass is 35.5. The fourth-order valence-electron chi connectivity index (χ4n) is 1.33. The van der Waals surface area contributed by atoms with Crippen LogP contribution in [0.2, 0.25) is 0 Å². The van der Waals surface area contributed by atoms with Crippen LogP contribution in [0.4, 0.5) is 5.82 Å². The average molecular weight is 244 g/mol. The summed E-state index contributed by atoms with van der Waals surface area (Å²) in [5, 5.41) is 3.29. The molecule has 90 valence electrons. The standard InChI is InChI=1S/C11H18ClN3O/c1-4-16-11-9(3)10(13-7-14-11)15-8(2)5-6-12/h7-8H,4-6H2,1-3H3,(H,13,14,15). The second-order valence-corrected chi connectivity index (χ2v) is 3.99. The molecule has 16 heavy (non-hydrogen) atoms. The molecule has 0 bridgehead atoms. The summed E-state index contributed by atoms with van der Waals surface area (Å²) in [5.74, 6) is 2.09. The lowest BCUT2D eigenvalue weighted by Gasteiger charge is -2.15. The van der Waals surface area contributed by atoms with Gasteiger partial charge in [-0.2, -0.15) is 0 Å². The molecule has 1 aromatic heterocycles. The van der Waals surface area contributed by atoms with Gasteiger partial charge in [-0.25, -0.2) is 9.97 Å². The second kappa shape index (κ2) is 6.53. The number of hydrogen-bond donors (Lipinski definition) is 1. The first kappa shape index (κ1) is 13.0. The van der Waals surface area contributed by atoms with Crippen LogP contribution < -0.4 is 10.1 Å². The van der Waals surface area contributed by atoms with Crippen LogP contribution in [0.15, 0.2) is 6.33 Å². The molecule has 4 nitrogen and oxygen atoms in total. The van der Waals surface area contributed by atoms with Crippen LogP contribution in [0.5, 0.6) is 5.88 Å². The van der Waals surface area contributed by atoms with Crippen LogP contribution in [-0.2, 0) is 0 Å². The van der Waals surface area contributed by atoms with Gasteiger partial charge in [-0.3, -0.25) is 0 Å². The summed E-state index contributed by atoms with van der Waals surface area (Å²) in [6, 6.07) is 0.292. The predicted octanol–water partition coefficient (Wildman–Crippen LogP) is 2.61. The molecule has 5 heteroatoms. The molecule has 0 saturated heterocycles. The van der Waals surface area contributed by atoms with E-state index in [1.165, 1.54) is 6.33 Å². The van der Waals surface area contributed by atoms with E-state index in [4.69, 9.17) is 16.3 Å². The SMILES string of the molecule is CCOc1ncnc(NC(C)CCCl)c1C. The number of alkyl halides is 1. The van der Waals surface area contributed by atoms with Crippen molar-refractivity contribution in [3.63, 3.8) is 0 Å². The Balaban J connectivity index is 2.76. The summed E-state index contributed by atoms with van der Waals surface area (Å²) in [7, 11) is 0. The van der Waals surface area contributed by atoms with Gasteiger partial charge in [0, 0.05) is 11.9 Å². The lowest BCUT2D eigenvalue weighted by Crippen LogP contribution is -2.17. The van der Waals surface area contributed by atoms with Crippen LogP contribution >= 0.6 is 11.6 Å². The minimum absolute atomic E-state index is 0.292. The highest BCUT2D eigenvalue weighted by Crippen LogP contribution is 2.21. The van der Waals surface area contributed by atoms with Gasteiger partial charge in [0.15, 0.2) is 0 Å². The summed E-state index contributed by atoms with van der Waals surface area (Å²) < 4.78 is 5.40. The first-order valence-corrected chi connectivity index (χ1v) is 5.99. The van der Waals surface area contributed by atoms with Crippen molar-refractivity contribution in [2.24, 2.45) is 0 Å². The largest absolute Gasteiger partial charge is 0.478 e. The van der Waals surface area contributed by atoms with E-state index < -0.39 is 0 Å². The zero-order valence-electron chi connectivity index (χ0n) is 9.96. The number of ether oxygens (including phenoxy) is 1. The highest BCUT2D eigenvalue weighted by molar-refractivity contribution is 6.17. The molecule has 1 N–H and O–H groups in total. The van der Waals surface area contributed by atoms with Crippen LogP contribution in [0.25, 0.3) is 0 Å². The van der Waals surface area contributed by atoms with Gasteiger partial charge in [-0.1, -0.05) is 0 Å². The van der Waals surface area contributed by atoms with Gasteiger partial charge in [0.2, 0.25) is 5.88 Å². The maximum Gasteiger partial charge on any atom is 0.221 e. The van der Waals surface area contributed by atoms with E-state index in [2.05, 4.69) is 22.2 Å². The number of rotatable bonds is 6. The Morgan fingerprint density at radius 2 is 2.25 bits per heavy atom. The molecule has 1 atom stereocenters. The van der Waals surface area contributed by atoms with Gasteiger partial charge in [-0.05, 0) is 27.2 Å². The van der Waals surface area contributed by atoms with Gasteiger partial charge in [0.25, 0.3) is 0 Å². The zero-order valence-corrected chi connectivity index (χ0v) is 10.7. The van der Waals surface area contributed by atoms with E-state index in [9.17, 15) is 0 Å². The van der Waals surface area contributed by atoms with Gasteiger partial charge in [-0.15, -0.1) is 11.6 Å². The van der Waals surface area contributed by atoms with Gasteiger partial charge in [0.1, 0.15) is 12.1 Å². The molecule has 0 amide bonds. The molecule has 1 aromatic rings. The van der Waals surface area contributed by atoms with Crippen molar-refractivity contribution in [2.45, 2.75) is 33.2 Å². The Bertz CT molecular complexity index is 333. The van der Waals surface area contributed by atoms with Crippen LogP contribution in [0, 0.1) is 6.92 Å². The van der Waals surface area contributed by atoms with Crippen molar-refractivity contribution in [3.05, 3.63) is 11.9 Å². The topological polar surface area (TPSA) is 47.0 Å². The van der Waals surface area contributed by atoms with Crippen molar-refractivity contribution >= 4 is 17.4 Å². The van der Waals surface area contributed by atoms with Crippen molar-refractivity contribution in [1.82, 2.24) is 9.97 Å². The second-order valence-electron chi connectivity index (χ2n) is 3.61. The van der Waals surface area contributed by atoms with E-state index in [1.807, 2.05) is 13.8 Å². The Kier molecular flexibility index (Phi) is 5.32. The van der Waals surface area contributed by atoms with Crippen LogP contribution in [0.3, 0.4) is 0 Å². The van der Waals surface area contributed by atoms with Gasteiger partial charge >= 0.3 is 0 Å². The molecule has 0 aliphatic heterocycles. The Hall–Kier alpha value is -1.03. The van der Waals surface area contributed by atoms with Crippen molar-refractivity contribution in [3.8, 4) is 5.88 Å². The lowest BCUT2D eigenvalue weighted by molar-refractivity contribution is 0.324. The third kappa shape index (κ3) is 3.52. The Morgan fingerprint density at radius 1 is 1.50 bits per heavy atom. The van der Waals surface area contributed by atoms with Crippen molar-refractivity contribution in [2.75, 3.05) is 17.8 Å². The monoisotopic (exact) mass is 243 g/mol. The molecule has 1 heterocycles. The maximum atomic E-state index is 5.69. The number of anilines is 1. The molecule has 1 rings (SSSR count). The number of hydrogen-bond acceptors (Lipinski definition) is 4. The molecule has 0 radical (unpaired) electrons. The summed E-state index contributed by atoms with van der Waals surface area (Å²) in [5.41, 5.74) is 0.936. The maximum absolute atomic E-state index is 5.69. The minimum Gasteiger partial charge on any atom is -0.478 e. The number of halogens is 1. The minimum atomic E-state index is 0.292. The van der Waals surface area contributed by atoms with E-state index in [1.54, 1.807) is 0 Å². The summed E-state index contributed by atoms with van der Waals surface area (Å²) in [6.07, 6.45) is 2.41. The smallest absolute Gasteiger partial charge is 0.221 e. The van der Waals surface area contributed by atoms with E-state index >= 15 is 0 Å². The predicted molar refractivity (Wildman–Crippen MR) is 66.4 cm³/mol. The third-order valence-electron chi connectivity index (χ3n) is 2.24. The molecule has 0 saturated carbocycles. The number of nitrogens with one attached hydrogen (secondary N) is 1. The molecule has 0 aliphatic rings. The fraction of sp³-hybridized carbons (Fsp3) is 0.636. The molecular formula is C11H18ClN3O. The molecule has 0 aromatic carbocycles. The Labute approximate surface area is 101 Å². The quantitative estimate of drug-likeness (QED) is 0.781. The average Bonchev–Trinajstić information content (AvgIpc) is 2.24. The van der Waals surface area contributed by atoms with E-state index in [-0.39, 0.29) is 0 Å². The summed E-state index contributed by atoms with van der Waals surface area (Å²) >= 11 is 5.69. The number of aromatic nitrogens is 2. The molecule has 0 aliphatic carbocycles. The Morgan fingerprint density at radius 3 is 2.88 bits per heavy atom. The third-order valence-corrected chi connectivity index (χ3v) is 2.46. The van der Waals surface area contributed by atoms with Crippen LogP contribution in [0.1, 0.15) is 25.8 Å². The summed E-state index contributed by atoms with van der Waals surface area (Å²) in [4.78, 5) is 8.28.